The lowest BCUT2D eigenvalue weighted by molar-refractivity contribution is -0.135. The number of H-pyrrole nitrogens is 1. The van der Waals surface area contributed by atoms with Gasteiger partial charge < -0.3 is 4.90 Å². The highest BCUT2D eigenvalue weighted by Gasteiger charge is 2.30. The Morgan fingerprint density at radius 2 is 2.03 bits per heavy atom. The largest absolute Gasteiger partial charge is 0.336 e. The molecular weight excluding hydrogens is 409 g/mol. The summed E-state index contributed by atoms with van der Waals surface area (Å²) >= 11 is 0. The van der Waals surface area contributed by atoms with Crippen molar-refractivity contribution in [1.82, 2.24) is 24.4 Å². The van der Waals surface area contributed by atoms with Gasteiger partial charge in [0.2, 0.25) is 5.91 Å². The molecule has 32 heavy (non-hydrogen) atoms. The van der Waals surface area contributed by atoms with E-state index in [0.717, 1.165) is 37.2 Å². The third kappa shape index (κ3) is 3.72. The minimum Gasteiger partial charge on any atom is -0.336 e. The molecule has 2 aliphatic rings. The van der Waals surface area contributed by atoms with Gasteiger partial charge in [-0.15, -0.1) is 0 Å². The number of aromatic nitrogens is 3. The summed E-state index contributed by atoms with van der Waals surface area (Å²) in [7, 11) is 0. The van der Waals surface area contributed by atoms with Gasteiger partial charge in [-0.2, -0.15) is 0 Å². The van der Waals surface area contributed by atoms with Gasteiger partial charge in [-0.05, 0) is 43.5 Å². The van der Waals surface area contributed by atoms with Crippen LogP contribution >= 0.6 is 0 Å². The predicted molar refractivity (Wildman–Crippen MR) is 119 cm³/mol. The number of aromatic amines is 1. The number of fused-ring (bicyclic) bond motifs is 2. The summed E-state index contributed by atoms with van der Waals surface area (Å²) in [6.45, 7) is 6.39. The molecule has 1 atom stereocenters. The summed E-state index contributed by atoms with van der Waals surface area (Å²) in [6.07, 6.45) is 2.57. The standard InChI is InChI=1S/C24H28FN5O2/c1-15(2)23(31)29-11-9-18-20(14-29)26-22-12-19(27-30(22)24(18)32)21-4-3-10-28(21)13-16-5-7-17(25)8-6-16/h5-8,12,15,21,27H,3-4,9-11,13-14H2,1-2H3/t21-/m0/s1. The number of hydrogen-bond acceptors (Lipinski definition) is 4. The number of carbonyl (C=O) groups is 1. The maximum absolute atomic E-state index is 13.3. The zero-order chi connectivity index (χ0) is 22.4. The fourth-order valence-electron chi connectivity index (χ4n) is 4.93. The summed E-state index contributed by atoms with van der Waals surface area (Å²) in [5, 5.41) is 3.29. The minimum atomic E-state index is -0.231. The number of benzene rings is 1. The van der Waals surface area contributed by atoms with E-state index < -0.39 is 0 Å². The summed E-state index contributed by atoms with van der Waals surface area (Å²) in [4.78, 5) is 34.5. The van der Waals surface area contributed by atoms with Crippen LogP contribution in [0.5, 0.6) is 0 Å². The number of halogens is 1. The first-order valence-electron chi connectivity index (χ1n) is 11.3. The molecule has 0 unspecified atom stereocenters. The van der Waals surface area contributed by atoms with E-state index in [4.69, 9.17) is 4.98 Å². The fourth-order valence-corrected chi connectivity index (χ4v) is 4.93. The Morgan fingerprint density at radius 3 is 2.78 bits per heavy atom. The van der Waals surface area contributed by atoms with Crippen LogP contribution in [-0.2, 0) is 24.3 Å². The predicted octanol–water partition coefficient (Wildman–Crippen LogP) is 3.04. The summed E-state index contributed by atoms with van der Waals surface area (Å²) in [6, 6.07) is 8.73. The van der Waals surface area contributed by atoms with E-state index in [1.165, 1.54) is 12.1 Å². The van der Waals surface area contributed by atoms with E-state index in [9.17, 15) is 14.0 Å². The lowest BCUT2D eigenvalue weighted by Crippen LogP contribution is -2.41. The van der Waals surface area contributed by atoms with Gasteiger partial charge in [-0.3, -0.25) is 19.6 Å². The van der Waals surface area contributed by atoms with Crippen LogP contribution in [0.15, 0.2) is 35.1 Å². The smallest absolute Gasteiger partial charge is 0.276 e. The first-order valence-corrected chi connectivity index (χ1v) is 11.3. The van der Waals surface area contributed by atoms with Crippen molar-refractivity contribution in [3.63, 3.8) is 0 Å². The number of carbonyl (C=O) groups excluding carboxylic acids is 1. The number of rotatable bonds is 4. The molecule has 4 heterocycles. The van der Waals surface area contributed by atoms with Gasteiger partial charge in [-0.1, -0.05) is 26.0 Å². The molecular formula is C24H28FN5O2. The van der Waals surface area contributed by atoms with Crippen molar-refractivity contribution >= 4 is 11.6 Å². The second-order valence-electron chi connectivity index (χ2n) is 9.17. The van der Waals surface area contributed by atoms with Crippen LogP contribution in [0.2, 0.25) is 0 Å². The van der Waals surface area contributed by atoms with Crippen molar-refractivity contribution in [2.75, 3.05) is 13.1 Å². The Labute approximate surface area is 185 Å². The maximum atomic E-state index is 13.3. The number of amides is 1. The molecule has 1 amide bonds. The minimum absolute atomic E-state index is 0.0732. The van der Waals surface area contributed by atoms with Crippen LogP contribution in [0.4, 0.5) is 4.39 Å². The van der Waals surface area contributed by atoms with Crippen molar-refractivity contribution < 1.29 is 9.18 Å². The molecule has 0 spiro atoms. The molecule has 0 radical (unpaired) electrons. The van der Waals surface area contributed by atoms with E-state index >= 15 is 0 Å². The molecule has 0 saturated carbocycles. The van der Waals surface area contributed by atoms with Crippen LogP contribution in [-0.4, -0.2) is 43.4 Å². The third-order valence-electron chi connectivity index (χ3n) is 6.61. The molecule has 8 heteroatoms. The van der Waals surface area contributed by atoms with Crippen molar-refractivity contribution in [2.45, 2.75) is 52.2 Å². The third-order valence-corrected chi connectivity index (χ3v) is 6.61. The summed E-state index contributed by atoms with van der Waals surface area (Å²) in [5.41, 5.74) is 3.95. The highest BCUT2D eigenvalue weighted by molar-refractivity contribution is 5.78. The summed E-state index contributed by atoms with van der Waals surface area (Å²) in [5.74, 6) is -0.213. The molecule has 3 aromatic rings. The highest BCUT2D eigenvalue weighted by atomic mass is 19.1. The number of nitrogens with zero attached hydrogens (tertiary/aromatic N) is 4. The molecule has 2 aliphatic heterocycles. The lowest BCUT2D eigenvalue weighted by Gasteiger charge is -2.29. The van der Waals surface area contributed by atoms with E-state index in [-0.39, 0.29) is 29.2 Å². The fraction of sp³-hybridized carbons (Fsp3) is 0.458. The molecule has 1 aromatic carbocycles. The Kier molecular flexibility index (Phi) is 5.33. The van der Waals surface area contributed by atoms with Crippen LogP contribution in [0.1, 0.15) is 55.2 Å². The van der Waals surface area contributed by atoms with E-state index in [1.54, 1.807) is 9.42 Å². The molecule has 1 fully saturated rings. The Hall–Kier alpha value is -3.00. The quantitative estimate of drug-likeness (QED) is 0.681. The Morgan fingerprint density at radius 1 is 1.25 bits per heavy atom. The normalized spacial score (nSPS) is 19.1. The van der Waals surface area contributed by atoms with Gasteiger partial charge >= 0.3 is 0 Å². The van der Waals surface area contributed by atoms with Crippen molar-refractivity contribution in [3.05, 3.63) is 69.0 Å². The van der Waals surface area contributed by atoms with E-state index in [0.29, 0.717) is 36.4 Å². The van der Waals surface area contributed by atoms with Crippen LogP contribution in [0.3, 0.4) is 0 Å². The Bertz CT molecular complexity index is 1210. The molecule has 7 nitrogen and oxygen atoms in total. The lowest BCUT2D eigenvalue weighted by atomic mass is 10.0. The first-order chi connectivity index (χ1) is 15.4. The molecule has 0 bridgehead atoms. The van der Waals surface area contributed by atoms with Crippen molar-refractivity contribution in [2.24, 2.45) is 5.92 Å². The van der Waals surface area contributed by atoms with Gasteiger partial charge in [0.05, 0.1) is 24.0 Å². The first kappa shape index (κ1) is 20.9. The molecule has 5 rings (SSSR count). The van der Waals surface area contributed by atoms with Gasteiger partial charge in [0.1, 0.15) is 5.82 Å². The number of likely N-dealkylation sites (tertiary alicyclic amines) is 1. The summed E-state index contributed by atoms with van der Waals surface area (Å²) < 4.78 is 14.8. The van der Waals surface area contributed by atoms with Gasteiger partial charge in [0.25, 0.3) is 5.56 Å². The molecule has 168 valence electrons. The zero-order valence-electron chi connectivity index (χ0n) is 18.5. The number of nitrogens with one attached hydrogen (secondary N) is 1. The van der Waals surface area contributed by atoms with Crippen molar-refractivity contribution in [1.29, 1.82) is 0 Å². The zero-order valence-corrected chi connectivity index (χ0v) is 18.5. The van der Waals surface area contributed by atoms with Gasteiger partial charge in [0.15, 0.2) is 5.65 Å². The van der Waals surface area contributed by atoms with Crippen molar-refractivity contribution in [3.8, 4) is 0 Å². The molecule has 0 aliphatic carbocycles. The van der Waals surface area contributed by atoms with Crippen LogP contribution in [0, 0.1) is 11.7 Å². The molecule has 1 N–H and O–H groups in total. The highest BCUT2D eigenvalue weighted by Crippen LogP contribution is 2.33. The van der Waals surface area contributed by atoms with Crippen LogP contribution in [0.25, 0.3) is 5.65 Å². The van der Waals surface area contributed by atoms with E-state index in [1.807, 2.05) is 32.0 Å². The monoisotopic (exact) mass is 437 g/mol. The Balaban J connectivity index is 1.43. The molecule has 2 aromatic heterocycles. The average molecular weight is 438 g/mol. The van der Waals surface area contributed by atoms with Gasteiger partial charge in [-0.25, -0.2) is 13.9 Å². The van der Waals surface area contributed by atoms with E-state index in [2.05, 4.69) is 10.00 Å². The maximum Gasteiger partial charge on any atom is 0.276 e. The van der Waals surface area contributed by atoms with Crippen LogP contribution < -0.4 is 5.56 Å². The average Bonchev–Trinajstić information content (AvgIpc) is 3.41. The second kappa shape index (κ2) is 8.16. The number of hydrogen-bond donors (Lipinski definition) is 1. The topological polar surface area (TPSA) is 73.7 Å². The molecule has 1 saturated heterocycles. The SMILES string of the molecule is CC(C)C(=O)N1CCc2c(nc3cc([C@@H]4CCCN4Cc4ccc(F)cc4)[nH]n3c2=O)C1. The second-order valence-corrected chi connectivity index (χ2v) is 9.17. The van der Waals surface area contributed by atoms with Gasteiger partial charge in [0, 0.05) is 30.6 Å².